The molecule has 0 aromatic heterocycles. The van der Waals surface area contributed by atoms with E-state index in [4.69, 9.17) is 0 Å². The summed E-state index contributed by atoms with van der Waals surface area (Å²) in [5.74, 6) is -1.19. The predicted molar refractivity (Wildman–Crippen MR) is 76.8 cm³/mol. The van der Waals surface area contributed by atoms with Gasteiger partial charge in [0.1, 0.15) is 5.75 Å². The minimum Gasteiger partial charge on any atom is -0.508 e. The van der Waals surface area contributed by atoms with Crippen molar-refractivity contribution in [3.8, 4) is 5.75 Å². The van der Waals surface area contributed by atoms with Crippen LogP contribution in [-0.4, -0.2) is 28.2 Å². The second-order valence-electron chi connectivity index (χ2n) is 7.21. The van der Waals surface area contributed by atoms with E-state index < -0.39 is 30.3 Å². The second-order valence-corrected chi connectivity index (χ2v) is 7.21. The maximum atomic E-state index is 12.9. The Morgan fingerprint density at radius 1 is 0.880 bits per heavy atom. The minimum absolute atomic E-state index is 0.0627. The Bertz CT molecular complexity index is 625. The first-order valence-corrected chi connectivity index (χ1v) is 8.08. The lowest BCUT2D eigenvalue weighted by atomic mass is 9.74. The molecule has 25 heavy (non-hydrogen) atoms. The summed E-state index contributed by atoms with van der Waals surface area (Å²) in [5.41, 5.74) is -3.98. The van der Waals surface area contributed by atoms with Crippen molar-refractivity contribution in [2.75, 3.05) is 0 Å². The number of phenols is 1. The lowest BCUT2D eigenvalue weighted by Crippen LogP contribution is -2.58. The van der Waals surface area contributed by atoms with Gasteiger partial charge in [-0.3, -0.25) is 0 Å². The van der Waals surface area contributed by atoms with Gasteiger partial charge in [0.15, 0.2) is 0 Å². The molecular formula is C17H18F6O2. The molecule has 0 heterocycles. The fourth-order valence-electron chi connectivity index (χ4n) is 4.60. The molecule has 2 fully saturated rings. The molecule has 4 unspecified atom stereocenters. The third kappa shape index (κ3) is 2.98. The molecule has 140 valence electrons. The molecule has 2 aliphatic rings. The number of hydrogen-bond acceptors (Lipinski definition) is 2. The molecule has 3 rings (SSSR count). The van der Waals surface area contributed by atoms with E-state index in [-0.39, 0.29) is 29.9 Å². The van der Waals surface area contributed by atoms with Gasteiger partial charge in [-0.1, -0.05) is 18.2 Å². The molecule has 2 saturated carbocycles. The van der Waals surface area contributed by atoms with Crippen molar-refractivity contribution in [1.29, 1.82) is 0 Å². The van der Waals surface area contributed by atoms with E-state index in [9.17, 15) is 36.6 Å². The number of halogens is 6. The van der Waals surface area contributed by atoms with Crippen LogP contribution in [-0.2, 0) is 0 Å². The van der Waals surface area contributed by atoms with Gasteiger partial charge in [-0.15, -0.1) is 0 Å². The molecule has 0 amide bonds. The first-order chi connectivity index (χ1) is 11.4. The van der Waals surface area contributed by atoms with Gasteiger partial charge in [-0.2, -0.15) is 26.3 Å². The molecule has 8 heteroatoms. The number of rotatable bonds is 3. The highest BCUT2D eigenvalue weighted by molar-refractivity contribution is 5.36. The van der Waals surface area contributed by atoms with Crippen LogP contribution in [0.4, 0.5) is 26.3 Å². The first kappa shape index (κ1) is 18.4. The first-order valence-electron chi connectivity index (χ1n) is 8.08. The van der Waals surface area contributed by atoms with Crippen LogP contribution < -0.4 is 0 Å². The normalized spacial score (nSPS) is 30.0. The van der Waals surface area contributed by atoms with Gasteiger partial charge in [-0.05, 0) is 61.0 Å². The van der Waals surface area contributed by atoms with Gasteiger partial charge in [0, 0.05) is 0 Å². The highest BCUT2D eigenvalue weighted by Crippen LogP contribution is 2.60. The van der Waals surface area contributed by atoms with Gasteiger partial charge in [-0.25, -0.2) is 0 Å². The number of aromatic hydroxyl groups is 1. The SMILES string of the molecule is Oc1ccccc1C1CC2CC1CC2CC(O)(C(F)(F)F)C(F)(F)F. The third-order valence-corrected chi connectivity index (χ3v) is 5.84. The fourth-order valence-corrected chi connectivity index (χ4v) is 4.60. The number of benzene rings is 1. The number of aliphatic hydroxyl groups is 1. The smallest absolute Gasteiger partial charge is 0.426 e. The number of fused-ring (bicyclic) bond motifs is 2. The summed E-state index contributed by atoms with van der Waals surface area (Å²) in [6.45, 7) is 0. The molecule has 0 radical (unpaired) electrons. The average molecular weight is 368 g/mol. The minimum atomic E-state index is -5.76. The summed E-state index contributed by atoms with van der Waals surface area (Å²) in [6.07, 6.45) is -11.7. The molecule has 0 spiro atoms. The molecule has 2 nitrogen and oxygen atoms in total. The number of phenolic OH excluding ortho intramolecular Hbond substituents is 1. The van der Waals surface area contributed by atoms with Gasteiger partial charge >= 0.3 is 12.4 Å². The fraction of sp³-hybridized carbons (Fsp3) is 0.647. The Morgan fingerprint density at radius 2 is 1.48 bits per heavy atom. The molecule has 1 aromatic rings. The summed E-state index contributed by atoms with van der Waals surface area (Å²) >= 11 is 0. The van der Waals surface area contributed by atoms with E-state index in [1.54, 1.807) is 18.2 Å². The molecule has 1 aromatic carbocycles. The van der Waals surface area contributed by atoms with Crippen LogP contribution in [0.2, 0.25) is 0 Å². The van der Waals surface area contributed by atoms with Crippen molar-refractivity contribution in [2.24, 2.45) is 17.8 Å². The average Bonchev–Trinajstić information content (AvgIpc) is 3.05. The summed E-state index contributed by atoms with van der Waals surface area (Å²) < 4.78 is 77.3. The third-order valence-electron chi connectivity index (χ3n) is 5.84. The maximum Gasteiger partial charge on any atom is 0.426 e. The van der Waals surface area contributed by atoms with Gasteiger partial charge in [0.2, 0.25) is 0 Å². The zero-order valence-electron chi connectivity index (χ0n) is 13.1. The zero-order chi connectivity index (χ0) is 18.6. The Labute approximate surface area is 140 Å². The van der Waals surface area contributed by atoms with E-state index in [1.807, 2.05) is 0 Å². The van der Waals surface area contributed by atoms with Crippen LogP contribution in [0, 0.1) is 17.8 Å². The predicted octanol–water partition coefficient (Wildman–Crippen LogP) is 4.77. The highest BCUT2D eigenvalue weighted by Gasteiger charge is 2.71. The van der Waals surface area contributed by atoms with E-state index in [1.165, 1.54) is 6.07 Å². The Hall–Kier alpha value is -1.44. The molecule has 2 bridgehead atoms. The van der Waals surface area contributed by atoms with Crippen LogP contribution in [0.3, 0.4) is 0 Å². The number of hydrogen-bond donors (Lipinski definition) is 2. The lowest BCUT2D eigenvalue weighted by Gasteiger charge is -2.37. The van der Waals surface area contributed by atoms with Crippen molar-refractivity contribution < 1.29 is 36.6 Å². The second kappa shape index (κ2) is 5.79. The van der Waals surface area contributed by atoms with Crippen LogP contribution >= 0.6 is 0 Å². The topological polar surface area (TPSA) is 40.5 Å². The Morgan fingerprint density at radius 3 is 1.96 bits per heavy atom. The van der Waals surface area contributed by atoms with Crippen molar-refractivity contribution in [3.05, 3.63) is 29.8 Å². The molecule has 4 atom stereocenters. The number of alkyl halides is 6. The monoisotopic (exact) mass is 368 g/mol. The van der Waals surface area contributed by atoms with Crippen LogP contribution in [0.25, 0.3) is 0 Å². The van der Waals surface area contributed by atoms with E-state index >= 15 is 0 Å². The lowest BCUT2D eigenvalue weighted by molar-refractivity contribution is -0.373. The van der Waals surface area contributed by atoms with Crippen molar-refractivity contribution >= 4 is 0 Å². The Kier molecular flexibility index (Phi) is 4.25. The summed E-state index contributed by atoms with van der Waals surface area (Å²) in [5, 5.41) is 19.3. The van der Waals surface area contributed by atoms with E-state index in [0.717, 1.165) is 0 Å². The van der Waals surface area contributed by atoms with Crippen molar-refractivity contribution in [2.45, 2.75) is 49.6 Å². The van der Waals surface area contributed by atoms with E-state index in [0.29, 0.717) is 18.4 Å². The highest BCUT2D eigenvalue weighted by atomic mass is 19.4. The summed E-state index contributed by atoms with van der Waals surface area (Å²) in [4.78, 5) is 0. The molecule has 2 aliphatic carbocycles. The van der Waals surface area contributed by atoms with Crippen LogP contribution in [0.15, 0.2) is 24.3 Å². The molecule has 0 aliphatic heterocycles. The molecule has 0 saturated heterocycles. The van der Waals surface area contributed by atoms with Crippen molar-refractivity contribution in [1.82, 2.24) is 0 Å². The van der Waals surface area contributed by atoms with Crippen LogP contribution in [0.1, 0.15) is 37.2 Å². The maximum absolute atomic E-state index is 12.9. The van der Waals surface area contributed by atoms with Gasteiger partial charge < -0.3 is 10.2 Å². The standard InChI is InChI=1S/C17H18F6O2/c18-16(19,20)15(25,17(21,22)23)8-11-6-10-5-9(11)7-13(10)12-3-1-2-4-14(12)24/h1-4,9-11,13,24-25H,5-8H2. The summed E-state index contributed by atoms with van der Waals surface area (Å²) in [7, 11) is 0. The van der Waals surface area contributed by atoms with Crippen LogP contribution in [0.5, 0.6) is 5.75 Å². The largest absolute Gasteiger partial charge is 0.508 e. The zero-order valence-corrected chi connectivity index (χ0v) is 13.1. The summed E-state index contributed by atoms with van der Waals surface area (Å²) in [6, 6.07) is 6.65. The van der Waals surface area contributed by atoms with E-state index in [2.05, 4.69) is 0 Å². The van der Waals surface area contributed by atoms with Crippen molar-refractivity contribution in [3.63, 3.8) is 0 Å². The molecule has 2 N–H and O–H groups in total. The van der Waals surface area contributed by atoms with Gasteiger partial charge in [0.25, 0.3) is 5.60 Å². The Balaban J connectivity index is 1.76. The number of para-hydroxylation sites is 1. The molecular weight excluding hydrogens is 350 g/mol. The van der Waals surface area contributed by atoms with Gasteiger partial charge in [0.05, 0.1) is 0 Å². The quantitative estimate of drug-likeness (QED) is 0.755.